The minimum absolute atomic E-state index is 0.256. The van der Waals surface area contributed by atoms with Crippen molar-refractivity contribution in [3.05, 3.63) is 54.1 Å². The molecule has 2 aromatic carbocycles. The van der Waals surface area contributed by atoms with Crippen molar-refractivity contribution in [1.29, 1.82) is 0 Å². The molecule has 1 saturated carbocycles. The van der Waals surface area contributed by atoms with Gasteiger partial charge in [0.15, 0.2) is 0 Å². The number of fused-ring (bicyclic) bond motifs is 1. The van der Waals surface area contributed by atoms with Gasteiger partial charge in [-0.15, -0.1) is 0 Å². The molecule has 0 unspecified atom stereocenters. The van der Waals surface area contributed by atoms with Crippen LogP contribution in [0.4, 0.5) is 11.4 Å². The molecule has 1 aliphatic carbocycles. The van der Waals surface area contributed by atoms with E-state index < -0.39 is 20.0 Å². The van der Waals surface area contributed by atoms with Crippen LogP contribution in [0.15, 0.2) is 53.4 Å². The summed E-state index contributed by atoms with van der Waals surface area (Å²) in [5, 5.41) is -0.298. The Morgan fingerprint density at radius 2 is 1.69 bits per heavy atom. The Balaban J connectivity index is 1.67. The van der Waals surface area contributed by atoms with E-state index in [2.05, 4.69) is 4.72 Å². The van der Waals surface area contributed by atoms with Crippen molar-refractivity contribution in [2.75, 3.05) is 15.6 Å². The standard InChI is InChI=1S/C18H20N2O4S2/c21-25(22,16-9-10-16)19-15-8-11-18-14(13-15)5-4-12-20(18)26(23,24)17-6-2-1-3-7-17/h1-3,6-8,11,13,16,19H,4-5,9-10,12H2. The lowest BCUT2D eigenvalue weighted by molar-refractivity contribution is 0.586. The van der Waals surface area contributed by atoms with Crippen LogP contribution >= 0.6 is 0 Å². The third kappa shape index (κ3) is 3.19. The molecule has 1 N–H and O–H groups in total. The number of aryl methyl sites for hydroxylation is 1. The fraction of sp³-hybridized carbons (Fsp3) is 0.333. The summed E-state index contributed by atoms with van der Waals surface area (Å²) in [6.07, 6.45) is 2.81. The first-order chi connectivity index (χ1) is 12.4. The molecule has 6 nitrogen and oxygen atoms in total. The van der Waals surface area contributed by atoms with E-state index in [1.807, 2.05) is 0 Å². The van der Waals surface area contributed by atoms with E-state index in [0.29, 0.717) is 37.2 Å². The molecule has 0 aromatic heterocycles. The van der Waals surface area contributed by atoms with Gasteiger partial charge in [0.1, 0.15) is 0 Å². The molecule has 0 saturated heterocycles. The first-order valence-corrected chi connectivity index (χ1v) is 11.6. The average molecular weight is 393 g/mol. The molecule has 4 rings (SSSR count). The topological polar surface area (TPSA) is 83.6 Å². The molecule has 1 aliphatic heterocycles. The Hall–Kier alpha value is -2.06. The molecule has 0 atom stereocenters. The van der Waals surface area contributed by atoms with Gasteiger partial charge in [0.25, 0.3) is 10.0 Å². The highest BCUT2D eigenvalue weighted by Crippen LogP contribution is 2.35. The van der Waals surface area contributed by atoms with E-state index in [1.54, 1.807) is 48.5 Å². The SMILES string of the molecule is O=S(=O)(Nc1ccc2c(c1)CCCN2S(=O)(=O)c1ccccc1)C1CC1. The molecule has 0 bridgehead atoms. The van der Waals surface area contributed by atoms with Gasteiger partial charge in [-0.1, -0.05) is 18.2 Å². The van der Waals surface area contributed by atoms with E-state index in [0.717, 1.165) is 12.0 Å². The van der Waals surface area contributed by atoms with E-state index >= 15 is 0 Å². The van der Waals surface area contributed by atoms with Gasteiger partial charge < -0.3 is 0 Å². The maximum Gasteiger partial charge on any atom is 0.264 e. The molecular formula is C18H20N2O4S2. The normalized spacial score (nSPS) is 17.6. The number of anilines is 2. The summed E-state index contributed by atoms with van der Waals surface area (Å²) in [4.78, 5) is 0.256. The first kappa shape index (κ1) is 17.4. The Kier molecular flexibility index (Phi) is 4.19. The van der Waals surface area contributed by atoms with Crippen molar-refractivity contribution in [2.45, 2.75) is 35.8 Å². The fourth-order valence-electron chi connectivity index (χ4n) is 3.22. The second-order valence-electron chi connectivity index (χ2n) is 6.68. The predicted octanol–water partition coefficient (Wildman–Crippen LogP) is 2.73. The summed E-state index contributed by atoms with van der Waals surface area (Å²) >= 11 is 0. The van der Waals surface area contributed by atoms with Gasteiger partial charge in [-0.3, -0.25) is 9.03 Å². The molecule has 1 heterocycles. The third-order valence-corrected chi connectivity index (χ3v) is 8.41. The maximum absolute atomic E-state index is 13.0. The number of hydrogen-bond acceptors (Lipinski definition) is 4. The summed E-state index contributed by atoms with van der Waals surface area (Å²) in [5.74, 6) is 0. The quantitative estimate of drug-likeness (QED) is 0.848. The summed E-state index contributed by atoms with van der Waals surface area (Å²) in [7, 11) is -6.97. The van der Waals surface area contributed by atoms with Crippen LogP contribution in [0.2, 0.25) is 0 Å². The number of benzene rings is 2. The Morgan fingerprint density at radius 3 is 2.38 bits per heavy atom. The fourth-order valence-corrected chi connectivity index (χ4v) is 6.16. The van der Waals surface area contributed by atoms with Crippen LogP contribution in [0.3, 0.4) is 0 Å². The van der Waals surface area contributed by atoms with E-state index in [4.69, 9.17) is 0 Å². The van der Waals surface area contributed by atoms with Crippen molar-refractivity contribution in [2.24, 2.45) is 0 Å². The van der Waals surface area contributed by atoms with Crippen LogP contribution in [-0.2, 0) is 26.5 Å². The summed E-state index contributed by atoms with van der Waals surface area (Å²) < 4.78 is 54.2. The predicted molar refractivity (Wildman–Crippen MR) is 101 cm³/mol. The molecule has 0 radical (unpaired) electrons. The molecule has 0 spiro atoms. The van der Waals surface area contributed by atoms with E-state index in [-0.39, 0.29) is 10.1 Å². The zero-order valence-corrected chi connectivity index (χ0v) is 15.8. The van der Waals surface area contributed by atoms with Crippen molar-refractivity contribution in [3.63, 3.8) is 0 Å². The minimum atomic E-state index is -3.63. The third-order valence-electron chi connectivity index (χ3n) is 4.71. The Bertz CT molecular complexity index is 1030. The van der Waals surface area contributed by atoms with Crippen LogP contribution in [-0.4, -0.2) is 28.6 Å². The van der Waals surface area contributed by atoms with Crippen LogP contribution in [0, 0.1) is 0 Å². The average Bonchev–Trinajstić information content (AvgIpc) is 3.47. The summed E-state index contributed by atoms with van der Waals surface area (Å²) in [6, 6.07) is 13.4. The number of nitrogens with zero attached hydrogens (tertiary/aromatic N) is 1. The molecule has 26 heavy (non-hydrogen) atoms. The lowest BCUT2D eigenvalue weighted by Gasteiger charge is -2.31. The first-order valence-electron chi connectivity index (χ1n) is 8.60. The lowest BCUT2D eigenvalue weighted by atomic mass is 10.0. The van der Waals surface area contributed by atoms with Crippen LogP contribution in [0.25, 0.3) is 0 Å². The molecule has 8 heteroatoms. The van der Waals surface area contributed by atoms with Crippen molar-refractivity contribution < 1.29 is 16.8 Å². The highest BCUT2D eigenvalue weighted by atomic mass is 32.2. The molecule has 138 valence electrons. The van der Waals surface area contributed by atoms with Crippen molar-refractivity contribution in [3.8, 4) is 0 Å². The highest BCUT2D eigenvalue weighted by molar-refractivity contribution is 7.93. The molecule has 0 amide bonds. The second-order valence-corrected chi connectivity index (χ2v) is 10.5. The van der Waals surface area contributed by atoms with Crippen molar-refractivity contribution >= 4 is 31.4 Å². The van der Waals surface area contributed by atoms with Crippen LogP contribution in [0.1, 0.15) is 24.8 Å². The number of rotatable bonds is 5. The van der Waals surface area contributed by atoms with Gasteiger partial charge in [-0.2, -0.15) is 0 Å². The molecule has 2 aliphatic rings. The molecule has 2 aromatic rings. The number of hydrogen-bond donors (Lipinski definition) is 1. The second kappa shape index (κ2) is 6.28. The van der Waals surface area contributed by atoms with Gasteiger partial charge >= 0.3 is 0 Å². The molecular weight excluding hydrogens is 372 g/mol. The van der Waals surface area contributed by atoms with Gasteiger partial charge in [-0.25, -0.2) is 16.8 Å². The monoisotopic (exact) mass is 392 g/mol. The van der Waals surface area contributed by atoms with Crippen LogP contribution < -0.4 is 9.03 Å². The zero-order valence-electron chi connectivity index (χ0n) is 14.1. The summed E-state index contributed by atoms with van der Waals surface area (Å²) in [6.45, 7) is 0.414. The van der Waals surface area contributed by atoms with Gasteiger partial charge in [0.05, 0.1) is 15.8 Å². The highest BCUT2D eigenvalue weighted by Gasteiger charge is 2.36. The smallest absolute Gasteiger partial charge is 0.264 e. The maximum atomic E-state index is 13.0. The molecule has 1 fully saturated rings. The number of nitrogens with one attached hydrogen (secondary N) is 1. The zero-order chi connectivity index (χ0) is 18.4. The van der Waals surface area contributed by atoms with Gasteiger partial charge in [-0.05, 0) is 61.6 Å². The largest absolute Gasteiger partial charge is 0.283 e. The lowest BCUT2D eigenvalue weighted by Crippen LogP contribution is -2.35. The summed E-state index contributed by atoms with van der Waals surface area (Å²) in [5.41, 5.74) is 1.95. The van der Waals surface area contributed by atoms with Gasteiger partial charge in [0.2, 0.25) is 10.0 Å². The Labute approximate surface area is 153 Å². The van der Waals surface area contributed by atoms with E-state index in [1.165, 1.54) is 4.31 Å². The van der Waals surface area contributed by atoms with Crippen molar-refractivity contribution in [1.82, 2.24) is 0 Å². The number of sulfonamides is 2. The Morgan fingerprint density at radius 1 is 0.962 bits per heavy atom. The van der Waals surface area contributed by atoms with E-state index in [9.17, 15) is 16.8 Å². The van der Waals surface area contributed by atoms with Crippen LogP contribution in [0.5, 0.6) is 0 Å². The minimum Gasteiger partial charge on any atom is -0.283 e. The van der Waals surface area contributed by atoms with Gasteiger partial charge in [0, 0.05) is 12.2 Å².